The number of ketones is 1. The van der Waals surface area contributed by atoms with Gasteiger partial charge >= 0.3 is 5.97 Å². The number of hydrogen-bond acceptors (Lipinski definition) is 6. The molecule has 7 nitrogen and oxygen atoms in total. The lowest BCUT2D eigenvalue weighted by Gasteiger charge is -2.09. The van der Waals surface area contributed by atoms with E-state index >= 15 is 0 Å². The number of esters is 1. The fraction of sp³-hybridized carbons (Fsp3) is 0.176. The highest BCUT2D eigenvalue weighted by Gasteiger charge is 2.22. The molecule has 0 spiro atoms. The van der Waals surface area contributed by atoms with E-state index in [9.17, 15) is 19.7 Å². The predicted octanol–water partition coefficient (Wildman–Crippen LogP) is 3.04. The molecule has 124 valence electrons. The van der Waals surface area contributed by atoms with Gasteiger partial charge < -0.3 is 10.1 Å². The van der Waals surface area contributed by atoms with Crippen LogP contribution < -0.4 is 5.32 Å². The minimum Gasteiger partial charge on any atom is -0.462 e. The van der Waals surface area contributed by atoms with E-state index < -0.39 is 16.7 Å². The number of carbonyl (C=O) groups excluding carboxylic acids is 2. The Hall–Kier alpha value is -3.22. The zero-order valence-electron chi connectivity index (χ0n) is 13.2. The summed E-state index contributed by atoms with van der Waals surface area (Å²) in [7, 11) is 1.56. The summed E-state index contributed by atoms with van der Waals surface area (Å²) in [5.41, 5.74) is 0.483. The van der Waals surface area contributed by atoms with Crippen LogP contribution in [-0.2, 0) is 4.74 Å². The second kappa shape index (κ2) is 7.36. The van der Waals surface area contributed by atoms with Crippen molar-refractivity contribution in [2.45, 2.75) is 6.92 Å². The molecule has 0 fully saturated rings. The number of anilines is 1. The first kappa shape index (κ1) is 17.1. The number of nitrogens with one attached hydrogen (secondary N) is 1. The van der Waals surface area contributed by atoms with Gasteiger partial charge in [0, 0.05) is 24.2 Å². The van der Waals surface area contributed by atoms with Crippen LogP contribution in [0.1, 0.15) is 33.2 Å². The Bertz CT molecular complexity index is 801. The highest BCUT2D eigenvalue weighted by atomic mass is 16.6. The standard InChI is InChI=1S/C17H16N2O5/c1-3-24-17(21)13-7-5-4-6-12(13)16(20)11-8-9-14(18-2)15(10-11)19(22)23/h4-10,18H,3H2,1-2H3. The number of nitro groups is 1. The topological polar surface area (TPSA) is 98.5 Å². The highest BCUT2D eigenvalue weighted by molar-refractivity contribution is 6.14. The molecule has 0 aliphatic rings. The molecule has 0 unspecified atom stereocenters. The smallest absolute Gasteiger partial charge is 0.338 e. The van der Waals surface area contributed by atoms with Crippen LogP contribution >= 0.6 is 0 Å². The second-order valence-electron chi connectivity index (χ2n) is 4.83. The molecule has 0 bridgehead atoms. The third-order valence-corrected chi connectivity index (χ3v) is 3.39. The van der Waals surface area contributed by atoms with Crippen LogP contribution in [0.3, 0.4) is 0 Å². The Balaban J connectivity index is 2.48. The number of benzene rings is 2. The van der Waals surface area contributed by atoms with Crippen LogP contribution in [0, 0.1) is 10.1 Å². The van der Waals surface area contributed by atoms with Gasteiger partial charge in [0.1, 0.15) is 5.69 Å². The Morgan fingerprint density at radius 1 is 1.17 bits per heavy atom. The maximum atomic E-state index is 12.7. The summed E-state index contributed by atoms with van der Waals surface area (Å²) < 4.78 is 4.94. The van der Waals surface area contributed by atoms with Gasteiger partial charge in [-0.1, -0.05) is 18.2 Å². The maximum absolute atomic E-state index is 12.7. The Kier molecular flexibility index (Phi) is 5.26. The van der Waals surface area contributed by atoms with E-state index in [1.54, 1.807) is 26.1 Å². The third kappa shape index (κ3) is 3.40. The average Bonchev–Trinajstić information content (AvgIpc) is 2.60. The van der Waals surface area contributed by atoms with Gasteiger partial charge in [-0.05, 0) is 25.1 Å². The lowest BCUT2D eigenvalue weighted by atomic mass is 9.97. The monoisotopic (exact) mass is 328 g/mol. The molecule has 24 heavy (non-hydrogen) atoms. The van der Waals surface area contributed by atoms with Crippen LogP contribution in [0.2, 0.25) is 0 Å². The molecule has 1 N–H and O–H groups in total. The van der Waals surface area contributed by atoms with Gasteiger partial charge in [-0.25, -0.2) is 4.79 Å². The SMILES string of the molecule is CCOC(=O)c1ccccc1C(=O)c1ccc(NC)c([N+](=O)[O-])c1. The summed E-state index contributed by atoms with van der Waals surface area (Å²) >= 11 is 0. The fourth-order valence-electron chi connectivity index (χ4n) is 2.26. The minimum atomic E-state index is -0.609. The van der Waals surface area contributed by atoms with Crippen LogP contribution in [0.25, 0.3) is 0 Å². The lowest BCUT2D eigenvalue weighted by molar-refractivity contribution is -0.384. The summed E-state index contributed by atoms with van der Waals surface area (Å²) in [6, 6.07) is 10.3. The van der Waals surface area contributed by atoms with Crippen molar-refractivity contribution in [3.8, 4) is 0 Å². The summed E-state index contributed by atoms with van der Waals surface area (Å²) in [6.07, 6.45) is 0. The molecule has 0 heterocycles. The van der Waals surface area contributed by atoms with Crippen molar-refractivity contribution in [3.05, 3.63) is 69.3 Å². The number of ether oxygens (including phenoxy) is 1. The van der Waals surface area contributed by atoms with E-state index in [2.05, 4.69) is 5.32 Å². The van der Waals surface area contributed by atoms with Crippen LogP contribution in [-0.4, -0.2) is 30.3 Å². The minimum absolute atomic E-state index is 0.123. The van der Waals surface area contributed by atoms with Gasteiger partial charge in [0.15, 0.2) is 5.78 Å². The third-order valence-electron chi connectivity index (χ3n) is 3.39. The molecule has 0 aliphatic heterocycles. The first-order valence-electron chi connectivity index (χ1n) is 7.26. The highest BCUT2D eigenvalue weighted by Crippen LogP contribution is 2.27. The molecule has 2 aromatic carbocycles. The largest absolute Gasteiger partial charge is 0.462 e. The number of nitrogens with zero attached hydrogens (tertiary/aromatic N) is 1. The summed E-state index contributed by atoms with van der Waals surface area (Å²) in [5.74, 6) is -1.09. The zero-order chi connectivity index (χ0) is 17.7. The number of nitro benzene ring substituents is 1. The molecule has 0 saturated carbocycles. The summed E-state index contributed by atoms with van der Waals surface area (Å²) in [6.45, 7) is 1.85. The molecule has 0 aromatic heterocycles. The van der Waals surface area contributed by atoms with Crippen molar-refractivity contribution in [1.82, 2.24) is 0 Å². The molecule has 0 amide bonds. The molecule has 2 rings (SSSR count). The van der Waals surface area contributed by atoms with Gasteiger partial charge in [-0.15, -0.1) is 0 Å². The molecule has 7 heteroatoms. The number of carbonyl (C=O) groups is 2. The second-order valence-corrected chi connectivity index (χ2v) is 4.83. The molecular formula is C17H16N2O5. The quantitative estimate of drug-likeness (QED) is 0.379. The Morgan fingerprint density at radius 2 is 1.83 bits per heavy atom. The predicted molar refractivity (Wildman–Crippen MR) is 88.5 cm³/mol. The molecule has 0 aliphatic carbocycles. The Labute approximate surface area is 138 Å². The molecule has 2 aromatic rings. The number of rotatable bonds is 6. The van der Waals surface area contributed by atoms with Crippen molar-refractivity contribution in [2.24, 2.45) is 0 Å². The van der Waals surface area contributed by atoms with E-state index in [0.717, 1.165) is 0 Å². The lowest BCUT2D eigenvalue weighted by Crippen LogP contribution is -2.13. The van der Waals surface area contributed by atoms with Crippen molar-refractivity contribution >= 4 is 23.1 Å². The first-order chi connectivity index (χ1) is 11.5. The van der Waals surface area contributed by atoms with E-state index in [1.165, 1.54) is 30.3 Å². The van der Waals surface area contributed by atoms with E-state index in [4.69, 9.17) is 4.74 Å². The molecule has 0 radical (unpaired) electrons. The van der Waals surface area contributed by atoms with Crippen molar-refractivity contribution in [1.29, 1.82) is 0 Å². The van der Waals surface area contributed by atoms with Gasteiger partial charge in [-0.3, -0.25) is 14.9 Å². The van der Waals surface area contributed by atoms with Crippen LogP contribution in [0.5, 0.6) is 0 Å². The zero-order valence-corrected chi connectivity index (χ0v) is 13.2. The number of hydrogen-bond donors (Lipinski definition) is 1. The molecular weight excluding hydrogens is 312 g/mol. The van der Waals surface area contributed by atoms with Gasteiger partial charge in [0.2, 0.25) is 0 Å². The van der Waals surface area contributed by atoms with E-state index in [0.29, 0.717) is 5.69 Å². The van der Waals surface area contributed by atoms with Gasteiger partial charge in [0.05, 0.1) is 17.1 Å². The first-order valence-corrected chi connectivity index (χ1v) is 7.26. The van der Waals surface area contributed by atoms with E-state index in [1.807, 2.05) is 0 Å². The van der Waals surface area contributed by atoms with E-state index in [-0.39, 0.29) is 29.0 Å². The van der Waals surface area contributed by atoms with Crippen LogP contribution in [0.15, 0.2) is 42.5 Å². The Morgan fingerprint density at radius 3 is 2.42 bits per heavy atom. The van der Waals surface area contributed by atoms with Crippen LogP contribution in [0.4, 0.5) is 11.4 Å². The normalized spacial score (nSPS) is 10.1. The molecule has 0 saturated heterocycles. The fourth-order valence-corrected chi connectivity index (χ4v) is 2.26. The maximum Gasteiger partial charge on any atom is 0.338 e. The summed E-state index contributed by atoms with van der Waals surface area (Å²) in [5, 5.41) is 13.8. The van der Waals surface area contributed by atoms with Crippen molar-refractivity contribution < 1.29 is 19.2 Å². The molecule has 0 atom stereocenters. The van der Waals surface area contributed by atoms with Crippen molar-refractivity contribution in [2.75, 3.05) is 19.0 Å². The summed E-state index contributed by atoms with van der Waals surface area (Å²) in [4.78, 5) is 35.2. The van der Waals surface area contributed by atoms with Gasteiger partial charge in [-0.2, -0.15) is 0 Å². The van der Waals surface area contributed by atoms with Gasteiger partial charge in [0.25, 0.3) is 5.69 Å². The average molecular weight is 328 g/mol. The van der Waals surface area contributed by atoms with Crippen molar-refractivity contribution in [3.63, 3.8) is 0 Å².